The minimum absolute atomic E-state index is 0.0530. The number of nitrogens with one attached hydrogen (secondary N) is 1. The van der Waals surface area contributed by atoms with Crippen LogP contribution in [0.1, 0.15) is 29.5 Å². The van der Waals surface area contributed by atoms with Crippen LogP contribution in [-0.4, -0.2) is 33.7 Å². The number of rotatable bonds is 7. The summed E-state index contributed by atoms with van der Waals surface area (Å²) in [4.78, 5) is 10.7. The highest BCUT2D eigenvalue weighted by Crippen LogP contribution is 2.38. The molecule has 0 saturated carbocycles. The summed E-state index contributed by atoms with van der Waals surface area (Å²) in [5, 5.41) is 8.87. The van der Waals surface area contributed by atoms with E-state index >= 15 is 0 Å². The van der Waals surface area contributed by atoms with Crippen molar-refractivity contribution in [3.8, 4) is 11.5 Å². The molecule has 3 rings (SSSR count). The molecule has 1 aliphatic carbocycles. The van der Waals surface area contributed by atoms with Crippen molar-refractivity contribution in [2.24, 2.45) is 0 Å². The fraction of sp³-hybridized carbons (Fsp3) is 0.286. The molecule has 0 bridgehead atoms. The van der Waals surface area contributed by atoms with Crippen LogP contribution in [0.25, 0.3) is 6.08 Å². The number of hydrogen-bond acceptors (Lipinski definition) is 5. The van der Waals surface area contributed by atoms with E-state index in [1.807, 2.05) is 12.1 Å². The highest BCUT2D eigenvalue weighted by Gasteiger charge is 2.25. The second-order valence-electron chi connectivity index (χ2n) is 6.68. The Kier molecular flexibility index (Phi) is 6.12. The molecule has 0 fully saturated rings. The first-order chi connectivity index (χ1) is 13.9. The highest BCUT2D eigenvalue weighted by molar-refractivity contribution is 7.92. The van der Waals surface area contributed by atoms with Crippen molar-refractivity contribution in [3.05, 3.63) is 53.1 Å². The molecular formula is C21H23NO6S. The summed E-state index contributed by atoms with van der Waals surface area (Å²) in [7, 11) is -1.28. The van der Waals surface area contributed by atoms with Crippen LogP contribution in [0, 0.1) is 0 Å². The number of carboxylic acid groups (broad SMARTS) is 1. The summed E-state index contributed by atoms with van der Waals surface area (Å²) >= 11 is 0. The number of carboxylic acids is 1. The molecule has 154 valence electrons. The van der Waals surface area contributed by atoms with E-state index in [1.165, 1.54) is 32.4 Å². The van der Waals surface area contributed by atoms with Crippen LogP contribution in [0.2, 0.25) is 0 Å². The third-order valence-electron chi connectivity index (χ3n) is 4.82. The Morgan fingerprint density at radius 2 is 1.90 bits per heavy atom. The average Bonchev–Trinajstić information content (AvgIpc) is 2.71. The molecule has 2 N–H and O–H groups in total. The van der Waals surface area contributed by atoms with Crippen LogP contribution >= 0.6 is 0 Å². The minimum atomic E-state index is -4.02. The zero-order valence-corrected chi connectivity index (χ0v) is 17.1. The summed E-state index contributed by atoms with van der Waals surface area (Å²) in [6, 6.07) is 8.48. The van der Waals surface area contributed by atoms with Crippen LogP contribution in [0.3, 0.4) is 0 Å². The van der Waals surface area contributed by atoms with Crippen LogP contribution in [0.5, 0.6) is 11.5 Å². The summed E-state index contributed by atoms with van der Waals surface area (Å²) in [6.45, 7) is 0. The van der Waals surface area contributed by atoms with E-state index < -0.39 is 16.0 Å². The second kappa shape index (κ2) is 8.57. The summed E-state index contributed by atoms with van der Waals surface area (Å²) in [6.07, 6.45) is 6.07. The van der Waals surface area contributed by atoms with E-state index in [2.05, 4.69) is 4.72 Å². The molecule has 2 aromatic rings. The van der Waals surface area contributed by atoms with E-state index in [0.717, 1.165) is 42.9 Å². The Hall–Kier alpha value is -3.00. The van der Waals surface area contributed by atoms with Gasteiger partial charge in [-0.25, -0.2) is 13.2 Å². The average molecular weight is 417 g/mol. The van der Waals surface area contributed by atoms with Gasteiger partial charge in [-0.05, 0) is 66.6 Å². The van der Waals surface area contributed by atoms with E-state index in [9.17, 15) is 13.2 Å². The predicted octanol–water partition coefficient (Wildman–Crippen LogP) is 3.48. The maximum atomic E-state index is 13.2. The molecule has 0 spiro atoms. The van der Waals surface area contributed by atoms with Crippen molar-refractivity contribution >= 4 is 27.8 Å². The molecule has 0 aliphatic heterocycles. The third-order valence-corrected chi connectivity index (χ3v) is 6.19. The molecule has 0 saturated heterocycles. The van der Waals surface area contributed by atoms with Gasteiger partial charge in [-0.3, -0.25) is 4.72 Å². The quantitative estimate of drug-likeness (QED) is 0.669. The topological polar surface area (TPSA) is 102 Å². The van der Waals surface area contributed by atoms with Gasteiger partial charge in [-0.15, -0.1) is 0 Å². The summed E-state index contributed by atoms with van der Waals surface area (Å²) < 4.78 is 39.7. The lowest BCUT2D eigenvalue weighted by molar-refractivity contribution is -0.131. The van der Waals surface area contributed by atoms with Crippen molar-refractivity contribution in [3.63, 3.8) is 0 Å². The highest BCUT2D eigenvalue weighted by atomic mass is 32.2. The first kappa shape index (κ1) is 20.7. The van der Waals surface area contributed by atoms with Crippen molar-refractivity contribution in [2.45, 2.75) is 30.6 Å². The first-order valence-electron chi connectivity index (χ1n) is 9.16. The summed E-state index contributed by atoms with van der Waals surface area (Å²) in [5.41, 5.74) is 3.07. The summed E-state index contributed by atoms with van der Waals surface area (Å²) in [5.74, 6) is -0.897. The van der Waals surface area contributed by atoms with Gasteiger partial charge in [0.1, 0.15) is 4.90 Å². The number of methoxy groups -OCH3 is 2. The maximum Gasteiger partial charge on any atom is 0.328 e. The van der Waals surface area contributed by atoms with Gasteiger partial charge in [-0.1, -0.05) is 12.1 Å². The molecular weight excluding hydrogens is 394 g/mol. The Bertz CT molecular complexity index is 1060. The fourth-order valence-electron chi connectivity index (χ4n) is 3.49. The number of carbonyl (C=O) groups is 1. The van der Waals surface area contributed by atoms with E-state index in [4.69, 9.17) is 14.6 Å². The van der Waals surface area contributed by atoms with Gasteiger partial charge in [-0.2, -0.15) is 0 Å². The molecule has 0 aromatic heterocycles. The molecule has 1 aliphatic rings. The van der Waals surface area contributed by atoms with Gasteiger partial charge in [0.05, 0.1) is 19.9 Å². The number of sulfonamides is 1. The smallest absolute Gasteiger partial charge is 0.328 e. The van der Waals surface area contributed by atoms with Gasteiger partial charge < -0.3 is 14.6 Å². The number of anilines is 1. The van der Waals surface area contributed by atoms with Gasteiger partial charge in [0, 0.05) is 6.08 Å². The Morgan fingerprint density at radius 3 is 2.59 bits per heavy atom. The van der Waals surface area contributed by atoms with Crippen molar-refractivity contribution in [2.75, 3.05) is 18.9 Å². The largest absolute Gasteiger partial charge is 0.493 e. The molecule has 0 amide bonds. The maximum absolute atomic E-state index is 13.2. The van der Waals surface area contributed by atoms with Gasteiger partial charge in [0.2, 0.25) is 0 Å². The van der Waals surface area contributed by atoms with Gasteiger partial charge >= 0.3 is 5.97 Å². The van der Waals surface area contributed by atoms with Crippen LogP contribution in [0.4, 0.5) is 5.69 Å². The number of hydrogen-bond donors (Lipinski definition) is 2. The van der Waals surface area contributed by atoms with Crippen LogP contribution in [-0.2, 0) is 27.7 Å². The molecule has 0 heterocycles. The van der Waals surface area contributed by atoms with Gasteiger partial charge in [0.15, 0.2) is 11.5 Å². The SMILES string of the molecule is COc1cc(/C=C/C(=O)O)cc(S(=O)(=O)Nc2cccc3c2CCCC3)c1OC. The van der Waals surface area contributed by atoms with E-state index in [-0.39, 0.29) is 16.4 Å². The van der Waals surface area contributed by atoms with Crippen molar-refractivity contribution < 1.29 is 27.8 Å². The molecule has 8 heteroatoms. The van der Waals surface area contributed by atoms with Crippen LogP contribution in [0.15, 0.2) is 41.3 Å². The number of ether oxygens (including phenoxy) is 2. The molecule has 0 radical (unpaired) electrons. The van der Waals surface area contributed by atoms with Gasteiger partial charge in [0.25, 0.3) is 10.0 Å². The van der Waals surface area contributed by atoms with Crippen molar-refractivity contribution in [1.29, 1.82) is 0 Å². The molecule has 0 atom stereocenters. The first-order valence-corrected chi connectivity index (χ1v) is 10.6. The van der Waals surface area contributed by atoms with Crippen LogP contribution < -0.4 is 14.2 Å². The second-order valence-corrected chi connectivity index (χ2v) is 8.33. The fourth-order valence-corrected chi connectivity index (χ4v) is 4.80. The van der Waals surface area contributed by atoms with E-state index in [1.54, 1.807) is 6.07 Å². The van der Waals surface area contributed by atoms with Crippen molar-refractivity contribution in [1.82, 2.24) is 0 Å². The molecule has 2 aromatic carbocycles. The number of aryl methyl sites for hydroxylation is 1. The Balaban J connectivity index is 2.08. The molecule has 0 unspecified atom stereocenters. The standard InChI is InChI=1S/C21H23NO6S/c1-27-18-12-14(10-11-20(23)24)13-19(21(18)28-2)29(25,26)22-17-9-5-7-15-6-3-4-8-16(15)17/h5,7,9-13,22H,3-4,6,8H2,1-2H3,(H,23,24)/b11-10+. The van der Waals surface area contributed by atoms with E-state index in [0.29, 0.717) is 11.3 Å². The predicted molar refractivity (Wildman–Crippen MR) is 110 cm³/mol. The Morgan fingerprint density at radius 1 is 1.14 bits per heavy atom. The monoisotopic (exact) mass is 417 g/mol. The normalized spacial score (nSPS) is 13.7. The Labute approximate surface area is 170 Å². The zero-order chi connectivity index (χ0) is 21.0. The lowest BCUT2D eigenvalue weighted by Gasteiger charge is -2.21. The molecule has 7 nitrogen and oxygen atoms in total. The lowest BCUT2D eigenvalue weighted by atomic mass is 9.91. The number of aliphatic carboxylic acids is 1. The number of benzene rings is 2. The minimum Gasteiger partial charge on any atom is -0.493 e. The zero-order valence-electron chi connectivity index (χ0n) is 16.3. The number of fused-ring (bicyclic) bond motifs is 1. The molecule has 29 heavy (non-hydrogen) atoms. The lowest BCUT2D eigenvalue weighted by Crippen LogP contribution is -2.17. The third kappa shape index (κ3) is 4.54.